The number of sulfonamides is 1. The van der Waals surface area contributed by atoms with Crippen LogP contribution in [0.1, 0.15) is 20.8 Å². The van der Waals surface area contributed by atoms with Crippen molar-refractivity contribution < 1.29 is 13.5 Å². The number of halogens is 1. The molecule has 1 aromatic rings. The summed E-state index contributed by atoms with van der Waals surface area (Å²) in [6.45, 7) is 5.33. The molecule has 0 aromatic carbocycles. The topological polar surface area (TPSA) is 66.4 Å². The van der Waals surface area contributed by atoms with Gasteiger partial charge in [-0.2, -0.15) is 0 Å². The van der Waals surface area contributed by atoms with Gasteiger partial charge in [0.05, 0.1) is 17.0 Å². The fourth-order valence-corrected chi connectivity index (χ4v) is 4.11. The first kappa shape index (κ1) is 14.9. The molecule has 0 amide bonds. The lowest BCUT2D eigenvalue weighted by Gasteiger charge is -2.29. The van der Waals surface area contributed by atoms with Crippen LogP contribution in [-0.4, -0.2) is 26.2 Å². The third-order valence-electron chi connectivity index (χ3n) is 2.34. The first-order chi connectivity index (χ1) is 7.66. The summed E-state index contributed by atoms with van der Waals surface area (Å²) in [7, 11) is -3.61. The molecule has 1 heterocycles. The largest absolute Gasteiger partial charge is 0.395 e. The molecule has 17 heavy (non-hydrogen) atoms. The van der Waals surface area contributed by atoms with E-state index in [1.54, 1.807) is 0 Å². The Hall–Kier alpha value is -0.140. The van der Waals surface area contributed by atoms with Crippen LogP contribution in [0.4, 0.5) is 0 Å². The number of rotatable bonds is 4. The van der Waals surface area contributed by atoms with Gasteiger partial charge in [-0.25, -0.2) is 13.1 Å². The van der Waals surface area contributed by atoms with E-state index in [-0.39, 0.29) is 16.2 Å². The Bertz CT molecular complexity index is 476. The fourth-order valence-electron chi connectivity index (χ4n) is 1.18. The number of hydrogen-bond donors (Lipinski definition) is 2. The van der Waals surface area contributed by atoms with Gasteiger partial charge < -0.3 is 5.11 Å². The maximum atomic E-state index is 12.0. The van der Waals surface area contributed by atoms with E-state index in [0.717, 1.165) is 11.3 Å². The van der Waals surface area contributed by atoms with E-state index in [4.69, 9.17) is 11.6 Å². The summed E-state index contributed by atoms with van der Waals surface area (Å²) in [5.74, 6) is 0. The number of aliphatic hydroxyl groups excluding tert-OH is 1. The highest BCUT2D eigenvalue weighted by Gasteiger charge is 2.29. The zero-order valence-corrected chi connectivity index (χ0v) is 12.3. The molecule has 1 atom stereocenters. The predicted molar refractivity (Wildman–Crippen MR) is 70.0 cm³/mol. The van der Waals surface area contributed by atoms with E-state index in [1.165, 1.54) is 12.1 Å². The van der Waals surface area contributed by atoms with E-state index in [9.17, 15) is 13.5 Å². The molecule has 0 unspecified atom stereocenters. The van der Waals surface area contributed by atoms with Crippen LogP contribution in [0.2, 0.25) is 4.34 Å². The zero-order chi connectivity index (χ0) is 13.3. The van der Waals surface area contributed by atoms with Crippen molar-refractivity contribution in [3.63, 3.8) is 0 Å². The average molecular weight is 298 g/mol. The summed E-state index contributed by atoms with van der Waals surface area (Å²) >= 11 is 6.69. The third kappa shape index (κ3) is 3.93. The van der Waals surface area contributed by atoms with Crippen molar-refractivity contribution in [2.75, 3.05) is 6.61 Å². The van der Waals surface area contributed by atoms with Gasteiger partial charge in [0.1, 0.15) is 4.21 Å². The van der Waals surface area contributed by atoms with Crippen LogP contribution in [0.3, 0.4) is 0 Å². The van der Waals surface area contributed by atoms with Crippen LogP contribution in [0.5, 0.6) is 0 Å². The number of thiophene rings is 1. The van der Waals surface area contributed by atoms with E-state index < -0.39 is 16.1 Å². The first-order valence-electron chi connectivity index (χ1n) is 5.05. The molecule has 2 N–H and O–H groups in total. The molecule has 0 bridgehead atoms. The van der Waals surface area contributed by atoms with Crippen LogP contribution in [0, 0.1) is 5.41 Å². The lowest BCUT2D eigenvalue weighted by Crippen LogP contribution is -2.45. The monoisotopic (exact) mass is 297 g/mol. The molecule has 98 valence electrons. The Morgan fingerprint density at radius 1 is 1.47 bits per heavy atom. The van der Waals surface area contributed by atoms with Crippen LogP contribution < -0.4 is 4.72 Å². The molecule has 0 fully saturated rings. The van der Waals surface area contributed by atoms with Crippen LogP contribution >= 0.6 is 22.9 Å². The van der Waals surface area contributed by atoms with Crippen molar-refractivity contribution in [2.24, 2.45) is 5.41 Å². The summed E-state index contributed by atoms with van der Waals surface area (Å²) in [4.78, 5) is 0. The molecule has 0 saturated heterocycles. The Morgan fingerprint density at radius 3 is 2.41 bits per heavy atom. The highest BCUT2D eigenvalue weighted by molar-refractivity contribution is 7.91. The molecule has 0 spiro atoms. The van der Waals surface area contributed by atoms with E-state index in [0.29, 0.717) is 4.34 Å². The lowest BCUT2D eigenvalue weighted by molar-refractivity contribution is 0.177. The summed E-state index contributed by atoms with van der Waals surface area (Å²) in [5, 5.41) is 9.23. The van der Waals surface area contributed by atoms with Gasteiger partial charge in [0.25, 0.3) is 0 Å². The SMILES string of the molecule is CC(C)(C)[C@@H](CO)NS(=O)(=O)c1ccc(Cl)s1. The standard InChI is InChI=1S/C10H16ClNO3S2/c1-10(2,3)7(6-13)12-17(14,15)9-5-4-8(11)16-9/h4-5,7,12-13H,6H2,1-3H3/t7-/m1/s1. The summed E-state index contributed by atoms with van der Waals surface area (Å²) in [6, 6.07) is 2.45. The molecule has 0 aliphatic rings. The molecule has 0 aliphatic heterocycles. The minimum absolute atomic E-state index is 0.158. The van der Waals surface area contributed by atoms with Crippen LogP contribution in [0.15, 0.2) is 16.3 Å². The second-order valence-corrected chi connectivity index (χ2v) is 8.44. The zero-order valence-electron chi connectivity index (χ0n) is 9.90. The van der Waals surface area contributed by atoms with Gasteiger partial charge in [0, 0.05) is 0 Å². The predicted octanol–water partition coefficient (Wildman–Crippen LogP) is 2.09. The highest BCUT2D eigenvalue weighted by Crippen LogP contribution is 2.27. The Kier molecular flexibility index (Phi) is 4.60. The summed E-state index contributed by atoms with van der Waals surface area (Å²) in [5.41, 5.74) is -0.358. The van der Waals surface area contributed by atoms with Crippen LogP contribution in [0.25, 0.3) is 0 Å². The van der Waals surface area contributed by atoms with Gasteiger partial charge in [-0.15, -0.1) is 11.3 Å². The fraction of sp³-hybridized carbons (Fsp3) is 0.600. The van der Waals surface area contributed by atoms with Gasteiger partial charge in [0.2, 0.25) is 10.0 Å². The number of nitrogens with one attached hydrogen (secondary N) is 1. The minimum Gasteiger partial charge on any atom is -0.395 e. The van der Waals surface area contributed by atoms with E-state index in [1.807, 2.05) is 20.8 Å². The van der Waals surface area contributed by atoms with Gasteiger partial charge >= 0.3 is 0 Å². The van der Waals surface area contributed by atoms with Crippen molar-refractivity contribution in [1.82, 2.24) is 4.72 Å². The first-order valence-corrected chi connectivity index (χ1v) is 7.73. The van der Waals surface area contributed by atoms with E-state index >= 15 is 0 Å². The normalized spacial score (nSPS) is 14.9. The molecule has 4 nitrogen and oxygen atoms in total. The molecule has 7 heteroatoms. The Labute approximate surface area is 111 Å². The molecule has 0 saturated carbocycles. The van der Waals surface area contributed by atoms with Gasteiger partial charge in [-0.3, -0.25) is 0 Å². The number of aliphatic hydroxyl groups is 1. The lowest BCUT2D eigenvalue weighted by atomic mass is 9.88. The second kappa shape index (κ2) is 5.24. The molecular formula is C10H16ClNO3S2. The number of hydrogen-bond acceptors (Lipinski definition) is 4. The van der Waals surface area contributed by atoms with Crippen molar-refractivity contribution in [1.29, 1.82) is 0 Å². The van der Waals surface area contributed by atoms with E-state index in [2.05, 4.69) is 4.72 Å². The maximum absolute atomic E-state index is 12.0. The van der Waals surface area contributed by atoms with Crippen molar-refractivity contribution >= 4 is 33.0 Å². The summed E-state index contributed by atoms with van der Waals surface area (Å²) in [6.07, 6.45) is 0. The third-order valence-corrected chi connectivity index (χ3v) is 5.53. The second-order valence-electron chi connectivity index (χ2n) is 4.78. The molecular weight excluding hydrogens is 282 g/mol. The quantitative estimate of drug-likeness (QED) is 0.894. The average Bonchev–Trinajstić information content (AvgIpc) is 2.60. The smallest absolute Gasteiger partial charge is 0.250 e. The molecule has 1 aromatic heterocycles. The van der Waals surface area contributed by atoms with Gasteiger partial charge in [-0.1, -0.05) is 32.4 Å². The molecule has 1 rings (SSSR count). The Balaban J connectivity index is 2.94. The molecule has 0 aliphatic carbocycles. The summed E-state index contributed by atoms with van der Waals surface area (Å²) < 4.78 is 27.0. The van der Waals surface area contributed by atoms with Crippen LogP contribution in [-0.2, 0) is 10.0 Å². The van der Waals surface area contributed by atoms with Gasteiger partial charge in [-0.05, 0) is 17.5 Å². The van der Waals surface area contributed by atoms with Gasteiger partial charge in [0.15, 0.2) is 0 Å². The Morgan fingerprint density at radius 2 is 2.06 bits per heavy atom. The maximum Gasteiger partial charge on any atom is 0.250 e. The van der Waals surface area contributed by atoms with Crippen molar-refractivity contribution in [3.05, 3.63) is 16.5 Å². The highest BCUT2D eigenvalue weighted by atomic mass is 35.5. The molecule has 0 radical (unpaired) electrons. The minimum atomic E-state index is -3.61. The van der Waals surface area contributed by atoms with Crippen molar-refractivity contribution in [3.8, 4) is 0 Å². The van der Waals surface area contributed by atoms with Crippen molar-refractivity contribution in [2.45, 2.75) is 31.0 Å².